The van der Waals surface area contributed by atoms with Crippen molar-refractivity contribution in [1.29, 1.82) is 0 Å². The van der Waals surface area contributed by atoms with Crippen molar-refractivity contribution in [3.05, 3.63) is 45.8 Å². The molecule has 0 atom stereocenters. The van der Waals surface area contributed by atoms with Crippen LogP contribution in [-0.2, 0) is 22.6 Å². The fraction of sp³-hybridized carbons (Fsp3) is 0.316. The molecule has 8 heteroatoms. The molecule has 0 unspecified atom stereocenters. The zero-order chi connectivity index (χ0) is 19.6. The van der Waals surface area contributed by atoms with Crippen molar-refractivity contribution in [1.82, 2.24) is 4.90 Å². The fourth-order valence-corrected chi connectivity index (χ4v) is 4.32. The predicted molar refractivity (Wildman–Crippen MR) is 103 cm³/mol. The van der Waals surface area contributed by atoms with Gasteiger partial charge in [-0.1, -0.05) is 12.1 Å². The summed E-state index contributed by atoms with van der Waals surface area (Å²) in [6, 6.07) is 7.39. The van der Waals surface area contributed by atoms with Crippen LogP contribution >= 0.6 is 11.3 Å². The minimum absolute atomic E-state index is 0.0215. The Morgan fingerprint density at radius 1 is 1.33 bits per heavy atom. The summed E-state index contributed by atoms with van der Waals surface area (Å²) in [6.07, 6.45) is 0.541. The van der Waals surface area contributed by atoms with Crippen molar-refractivity contribution < 1.29 is 19.1 Å². The second kappa shape index (κ2) is 7.79. The van der Waals surface area contributed by atoms with Crippen LogP contribution in [0.1, 0.15) is 33.3 Å². The van der Waals surface area contributed by atoms with E-state index in [1.54, 1.807) is 11.0 Å². The first kappa shape index (κ1) is 18.9. The average molecular weight is 387 g/mol. The molecule has 3 amide bonds. The fourth-order valence-electron chi connectivity index (χ4n) is 3.04. The standard InChI is InChI=1S/C19H21N3O4S/c1-11-4-3-5-13(8-11)26-10-16(24)21-19-17(18(20)25)14-6-7-22(12(2)23)9-15(14)27-19/h3-5,8H,6-7,9-10H2,1-2H3,(H2,20,25)(H,21,24). The van der Waals surface area contributed by atoms with E-state index in [2.05, 4.69) is 5.32 Å². The van der Waals surface area contributed by atoms with Crippen LogP contribution < -0.4 is 15.8 Å². The maximum Gasteiger partial charge on any atom is 0.262 e. The molecule has 1 aliphatic rings. The van der Waals surface area contributed by atoms with E-state index in [0.717, 1.165) is 16.0 Å². The zero-order valence-electron chi connectivity index (χ0n) is 15.2. The number of rotatable bonds is 5. The highest BCUT2D eigenvalue weighted by atomic mass is 32.1. The molecule has 27 heavy (non-hydrogen) atoms. The van der Waals surface area contributed by atoms with E-state index in [-0.39, 0.29) is 18.4 Å². The molecule has 2 heterocycles. The molecule has 0 spiro atoms. The Labute approximate surface area is 161 Å². The number of ether oxygens (including phenoxy) is 1. The van der Waals surface area contributed by atoms with Gasteiger partial charge in [0.15, 0.2) is 6.61 Å². The molecule has 0 radical (unpaired) electrons. The van der Waals surface area contributed by atoms with Gasteiger partial charge in [-0.3, -0.25) is 14.4 Å². The van der Waals surface area contributed by atoms with Gasteiger partial charge in [-0.25, -0.2) is 0 Å². The van der Waals surface area contributed by atoms with Crippen molar-refractivity contribution in [3.63, 3.8) is 0 Å². The van der Waals surface area contributed by atoms with E-state index in [1.165, 1.54) is 18.3 Å². The van der Waals surface area contributed by atoms with Crippen LogP contribution in [0.3, 0.4) is 0 Å². The number of benzene rings is 1. The molecule has 142 valence electrons. The first-order valence-electron chi connectivity index (χ1n) is 8.54. The van der Waals surface area contributed by atoms with Gasteiger partial charge in [0, 0.05) is 18.3 Å². The quantitative estimate of drug-likeness (QED) is 0.820. The van der Waals surface area contributed by atoms with Crippen molar-refractivity contribution >= 4 is 34.1 Å². The highest BCUT2D eigenvalue weighted by Gasteiger charge is 2.28. The van der Waals surface area contributed by atoms with Gasteiger partial charge in [-0.15, -0.1) is 11.3 Å². The average Bonchev–Trinajstić information content (AvgIpc) is 2.97. The van der Waals surface area contributed by atoms with Crippen LogP contribution in [0.4, 0.5) is 5.00 Å². The van der Waals surface area contributed by atoms with Gasteiger partial charge in [-0.05, 0) is 36.6 Å². The number of anilines is 1. The summed E-state index contributed by atoms with van der Waals surface area (Å²) in [7, 11) is 0. The summed E-state index contributed by atoms with van der Waals surface area (Å²) in [5.74, 6) is -0.380. The topological polar surface area (TPSA) is 102 Å². The number of nitrogens with two attached hydrogens (primary N) is 1. The molecule has 1 aromatic heterocycles. The van der Waals surface area contributed by atoms with Gasteiger partial charge in [0.25, 0.3) is 11.8 Å². The largest absolute Gasteiger partial charge is 0.484 e. The van der Waals surface area contributed by atoms with Gasteiger partial charge in [-0.2, -0.15) is 0 Å². The Morgan fingerprint density at radius 2 is 2.11 bits per heavy atom. The molecule has 0 saturated heterocycles. The Kier molecular flexibility index (Phi) is 5.46. The summed E-state index contributed by atoms with van der Waals surface area (Å²) < 4.78 is 5.50. The molecule has 0 saturated carbocycles. The van der Waals surface area contributed by atoms with Gasteiger partial charge in [0.2, 0.25) is 5.91 Å². The van der Waals surface area contributed by atoms with Crippen LogP contribution in [0.2, 0.25) is 0 Å². The van der Waals surface area contributed by atoms with Gasteiger partial charge in [0.05, 0.1) is 12.1 Å². The van der Waals surface area contributed by atoms with E-state index >= 15 is 0 Å². The number of carbonyl (C=O) groups is 3. The maximum atomic E-state index is 12.3. The molecule has 3 rings (SSSR count). The molecule has 0 bridgehead atoms. The first-order chi connectivity index (χ1) is 12.8. The third kappa shape index (κ3) is 4.28. The second-order valence-electron chi connectivity index (χ2n) is 6.42. The van der Waals surface area contributed by atoms with Crippen molar-refractivity contribution in [3.8, 4) is 5.75 Å². The number of hydrogen-bond donors (Lipinski definition) is 2. The lowest BCUT2D eigenvalue weighted by Crippen LogP contribution is -2.34. The first-order valence-corrected chi connectivity index (χ1v) is 9.36. The summed E-state index contributed by atoms with van der Waals surface area (Å²) in [5, 5.41) is 3.14. The SMILES string of the molecule is CC(=O)N1CCc2c(sc(NC(=O)COc3cccc(C)c3)c2C(N)=O)C1. The van der Waals surface area contributed by atoms with Crippen molar-refractivity contribution in [2.45, 2.75) is 26.8 Å². The zero-order valence-corrected chi connectivity index (χ0v) is 16.0. The molecule has 1 aromatic carbocycles. The summed E-state index contributed by atoms with van der Waals surface area (Å²) in [4.78, 5) is 38.4. The lowest BCUT2D eigenvalue weighted by molar-refractivity contribution is -0.129. The number of nitrogens with zero attached hydrogens (tertiary/aromatic N) is 1. The Hall–Kier alpha value is -2.87. The van der Waals surface area contributed by atoms with Crippen LogP contribution in [0, 0.1) is 6.92 Å². The molecular formula is C19H21N3O4S. The minimum Gasteiger partial charge on any atom is -0.484 e. The highest BCUT2D eigenvalue weighted by Crippen LogP contribution is 2.37. The minimum atomic E-state index is -0.585. The third-order valence-electron chi connectivity index (χ3n) is 4.36. The Morgan fingerprint density at radius 3 is 2.78 bits per heavy atom. The summed E-state index contributed by atoms with van der Waals surface area (Å²) in [6.45, 7) is 4.23. The number of amides is 3. The molecule has 3 N–H and O–H groups in total. The van der Waals surface area contributed by atoms with Crippen LogP contribution in [0.5, 0.6) is 5.75 Å². The van der Waals surface area contributed by atoms with Gasteiger partial charge in [0.1, 0.15) is 10.8 Å². The number of carbonyl (C=O) groups excluding carboxylic acids is 3. The van der Waals surface area contributed by atoms with Crippen LogP contribution in [0.15, 0.2) is 24.3 Å². The van der Waals surface area contributed by atoms with Gasteiger partial charge < -0.3 is 20.7 Å². The molecular weight excluding hydrogens is 366 g/mol. The maximum absolute atomic E-state index is 12.3. The number of hydrogen-bond acceptors (Lipinski definition) is 5. The number of aryl methyl sites for hydroxylation is 1. The van der Waals surface area contributed by atoms with Crippen LogP contribution in [0.25, 0.3) is 0 Å². The normalized spacial score (nSPS) is 13.0. The Bertz CT molecular complexity index is 906. The highest BCUT2D eigenvalue weighted by molar-refractivity contribution is 7.17. The molecule has 1 aliphatic heterocycles. The summed E-state index contributed by atoms with van der Waals surface area (Å²) >= 11 is 1.28. The lowest BCUT2D eigenvalue weighted by atomic mass is 10.0. The molecule has 0 aliphatic carbocycles. The molecule has 7 nitrogen and oxygen atoms in total. The van der Waals surface area contributed by atoms with E-state index in [0.29, 0.717) is 35.8 Å². The lowest BCUT2D eigenvalue weighted by Gasteiger charge is -2.25. The molecule has 0 fully saturated rings. The number of fused-ring (bicyclic) bond motifs is 1. The Balaban J connectivity index is 1.73. The van der Waals surface area contributed by atoms with Gasteiger partial charge >= 0.3 is 0 Å². The number of primary amides is 1. The van der Waals surface area contributed by atoms with Crippen molar-refractivity contribution in [2.24, 2.45) is 5.73 Å². The summed E-state index contributed by atoms with van der Waals surface area (Å²) in [5.41, 5.74) is 7.73. The van der Waals surface area contributed by atoms with E-state index in [1.807, 2.05) is 25.1 Å². The van der Waals surface area contributed by atoms with Crippen molar-refractivity contribution in [2.75, 3.05) is 18.5 Å². The monoisotopic (exact) mass is 387 g/mol. The third-order valence-corrected chi connectivity index (χ3v) is 5.49. The smallest absolute Gasteiger partial charge is 0.262 e. The van der Waals surface area contributed by atoms with E-state index < -0.39 is 5.91 Å². The number of thiophene rings is 1. The second-order valence-corrected chi connectivity index (χ2v) is 7.52. The van der Waals surface area contributed by atoms with E-state index in [4.69, 9.17) is 10.5 Å². The molecule has 2 aromatic rings. The predicted octanol–water partition coefficient (Wildman–Crippen LogP) is 2.08. The number of nitrogens with one attached hydrogen (secondary N) is 1. The van der Waals surface area contributed by atoms with Crippen LogP contribution in [-0.4, -0.2) is 35.8 Å². The van der Waals surface area contributed by atoms with E-state index in [9.17, 15) is 14.4 Å².